The fraction of sp³-hybridized carbons (Fsp3) is 0.312. The number of aryl methyl sites for hydroxylation is 1. The lowest BCUT2D eigenvalue weighted by molar-refractivity contribution is -0.121. The van der Waals surface area contributed by atoms with Gasteiger partial charge in [0.15, 0.2) is 0 Å². The van der Waals surface area contributed by atoms with E-state index in [1.165, 1.54) is 6.07 Å². The van der Waals surface area contributed by atoms with Crippen molar-refractivity contribution in [3.8, 4) is 5.75 Å². The molecule has 0 saturated heterocycles. The Balaban J connectivity index is 1.88. The average Bonchev–Trinajstić information content (AvgIpc) is 2.51. The molecule has 6 heteroatoms. The lowest BCUT2D eigenvalue weighted by Gasteiger charge is -2.09. The van der Waals surface area contributed by atoms with Crippen LogP contribution in [0, 0.1) is 6.92 Å². The zero-order valence-electron chi connectivity index (χ0n) is 12.7. The minimum absolute atomic E-state index is 0.0769. The summed E-state index contributed by atoms with van der Waals surface area (Å²) in [6, 6.07) is 10.7. The van der Waals surface area contributed by atoms with Gasteiger partial charge in [-0.2, -0.15) is 5.10 Å². The van der Waals surface area contributed by atoms with Crippen molar-refractivity contribution in [2.24, 2.45) is 0 Å². The molecule has 22 heavy (non-hydrogen) atoms. The molecule has 0 aliphatic heterocycles. The Morgan fingerprint density at radius 2 is 2.05 bits per heavy atom. The van der Waals surface area contributed by atoms with Gasteiger partial charge in [-0.05, 0) is 31.0 Å². The predicted octanol–water partition coefficient (Wildman–Crippen LogP) is 0.919. The summed E-state index contributed by atoms with van der Waals surface area (Å²) >= 11 is 0. The number of rotatable bonds is 6. The van der Waals surface area contributed by atoms with Crippen molar-refractivity contribution >= 4 is 5.91 Å². The fourth-order valence-corrected chi connectivity index (χ4v) is 2.10. The van der Waals surface area contributed by atoms with Crippen molar-refractivity contribution in [2.45, 2.75) is 19.9 Å². The molecule has 2 rings (SSSR count). The SMILES string of the molecule is COc1ccccc1CCNC(=O)Cn1nc(C)ccc1=O. The van der Waals surface area contributed by atoms with Crippen molar-refractivity contribution in [1.29, 1.82) is 0 Å². The van der Waals surface area contributed by atoms with Gasteiger partial charge in [0.1, 0.15) is 12.3 Å². The van der Waals surface area contributed by atoms with E-state index in [9.17, 15) is 9.59 Å². The van der Waals surface area contributed by atoms with E-state index in [0.29, 0.717) is 18.7 Å². The lowest BCUT2D eigenvalue weighted by atomic mass is 10.1. The summed E-state index contributed by atoms with van der Waals surface area (Å²) in [5, 5.41) is 6.81. The minimum atomic E-state index is -0.287. The summed E-state index contributed by atoms with van der Waals surface area (Å²) in [6.07, 6.45) is 0.659. The van der Waals surface area contributed by atoms with Gasteiger partial charge in [0.25, 0.3) is 5.56 Å². The van der Waals surface area contributed by atoms with Crippen molar-refractivity contribution in [3.05, 3.63) is 58.0 Å². The molecule has 1 aromatic carbocycles. The fourth-order valence-electron chi connectivity index (χ4n) is 2.10. The van der Waals surface area contributed by atoms with Gasteiger partial charge >= 0.3 is 0 Å². The van der Waals surface area contributed by atoms with Gasteiger partial charge in [-0.1, -0.05) is 18.2 Å². The van der Waals surface area contributed by atoms with E-state index in [1.807, 2.05) is 24.3 Å². The van der Waals surface area contributed by atoms with Crippen LogP contribution in [0.1, 0.15) is 11.3 Å². The molecule has 0 atom stereocenters. The third-order valence-corrected chi connectivity index (χ3v) is 3.20. The van der Waals surface area contributed by atoms with Gasteiger partial charge in [-0.15, -0.1) is 0 Å². The highest BCUT2D eigenvalue weighted by Crippen LogP contribution is 2.17. The average molecular weight is 301 g/mol. The summed E-state index contributed by atoms with van der Waals surface area (Å²) in [6.45, 7) is 2.17. The normalized spacial score (nSPS) is 10.3. The number of carbonyl (C=O) groups excluding carboxylic acids is 1. The molecule has 0 aliphatic rings. The summed E-state index contributed by atoms with van der Waals surface area (Å²) < 4.78 is 6.42. The number of nitrogens with one attached hydrogen (secondary N) is 1. The Bertz CT molecular complexity index is 710. The Morgan fingerprint density at radius 1 is 1.27 bits per heavy atom. The van der Waals surface area contributed by atoms with E-state index in [4.69, 9.17) is 4.74 Å². The molecule has 0 bridgehead atoms. The first-order valence-electron chi connectivity index (χ1n) is 7.03. The molecular weight excluding hydrogens is 282 g/mol. The molecular formula is C16H19N3O3. The van der Waals surface area contributed by atoms with E-state index in [-0.39, 0.29) is 18.0 Å². The van der Waals surface area contributed by atoms with E-state index in [0.717, 1.165) is 16.0 Å². The number of amides is 1. The van der Waals surface area contributed by atoms with E-state index in [1.54, 1.807) is 20.1 Å². The maximum Gasteiger partial charge on any atom is 0.267 e. The summed E-state index contributed by atoms with van der Waals surface area (Å²) in [5.41, 5.74) is 1.43. The molecule has 0 spiro atoms. The Morgan fingerprint density at radius 3 is 2.82 bits per heavy atom. The third kappa shape index (κ3) is 4.18. The lowest BCUT2D eigenvalue weighted by Crippen LogP contribution is -2.34. The first kappa shape index (κ1) is 15.8. The van der Waals surface area contributed by atoms with Crippen molar-refractivity contribution in [1.82, 2.24) is 15.1 Å². The molecule has 1 aromatic heterocycles. The highest BCUT2D eigenvalue weighted by molar-refractivity contribution is 5.75. The second-order valence-corrected chi connectivity index (χ2v) is 4.88. The van der Waals surface area contributed by atoms with Crippen LogP contribution in [0.25, 0.3) is 0 Å². The van der Waals surface area contributed by atoms with E-state index < -0.39 is 0 Å². The second-order valence-electron chi connectivity index (χ2n) is 4.88. The van der Waals surface area contributed by atoms with Crippen LogP contribution < -0.4 is 15.6 Å². The quantitative estimate of drug-likeness (QED) is 0.861. The second kappa shape index (κ2) is 7.40. The number of ether oxygens (including phenoxy) is 1. The molecule has 0 saturated carbocycles. The summed E-state index contributed by atoms with van der Waals surface area (Å²) in [4.78, 5) is 23.5. The van der Waals surface area contributed by atoms with Crippen LogP contribution in [0.5, 0.6) is 5.75 Å². The minimum Gasteiger partial charge on any atom is -0.496 e. The highest BCUT2D eigenvalue weighted by atomic mass is 16.5. The first-order chi connectivity index (χ1) is 10.6. The number of para-hydroxylation sites is 1. The zero-order valence-corrected chi connectivity index (χ0v) is 12.7. The van der Waals surface area contributed by atoms with Gasteiger partial charge in [0.05, 0.1) is 12.8 Å². The number of aromatic nitrogens is 2. The molecule has 1 N–H and O–H groups in total. The van der Waals surface area contributed by atoms with Crippen LogP contribution in [0.2, 0.25) is 0 Å². The number of hydrogen-bond acceptors (Lipinski definition) is 4. The predicted molar refractivity (Wildman–Crippen MR) is 82.9 cm³/mol. The van der Waals surface area contributed by atoms with Crippen LogP contribution in [-0.2, 0) is 17.8 Å². The number of carbonyl (C=O) groups is 1. The molecule has 116 valence electrons. The molecule has 0 fully saturated rings. The van der Waals surface area contributed by atoms with E-state index in [2.05, 4.69) is 10.4 Å². The molecule has 6 nitrogen and oxygen atoms in total. The Hall–Kier alpha value is -2.63. The van der Waals surface area contributed by atoms with Crippen LogP contribution in [-0.4, -0.2) is 29.3 Å². The number of nitrogens with zero attached hydrogens (tertiary/aromatic N) is 2. The summed E-state index contributed by atoms with van der Waals surface area (Å²) in [5.74, 6) is 0.559. The smallest absolute Gasteiger partial charge is 0.267 e. The topological polar surface area (TPSA) is 73.2 Å². The standard InChI is InChI=1S/C16H19N3O3/c1-12-7-8-16(21)19(18-12)11-15(20)17-10-9-13-5-3-4-6-14(13)22-2/h3-8H,9-11H2,1-2H3,(H,17,20). The molecule has 1 amide bonds. The van der Waals surface area contributed by atoms with Crippen LogP contribution in [0.15, 0.2) is 41.2 Å². The molecule has 0 radical (unpaired) electrons. The molecule has 0 aliphatic carbocycles. The van der Waals surface area contributed by atoms with Crippen LogP contribution >= 0.6 is 0 Å². The van der Waals surface area contributed by atoms with Gasteiger partial charge in [-0.3, -0.25) is 9.59 Å². The highest BCUT2D eigenvalue weighted by Gasteiger charge is 2.06. The number of hydrogen-bond donors (Lipinski definition) is 1. The Labute approximate surface area is 128 Å². The van der Waals surface area contributed by atoms with Gasteiger partial charge in [0.2, 0.25) is 5.91 Å². The number of benzene rings is 1. The summed E-state index contributed by atoms with van der Waals surface area (Å²) in [7, 11) is 1.62. The molecule has 2 aromatic rings. The monoisotopic (exact) mass is 301 g/mol. The molecule has 0 unspecified atom stereocenters. The van der Waals surface area contributed by atoms with Crippen molar-refractivity contribution in [2.75, 3.05) is 13.7 Å². The third-order valence-electron chi connectivity index (χ3n) is 3.20. The maximum absolute atomic E-state index is 11.9. The van der Waals surface area contributed by atoms with Crippen molar-refractivity contribution in [3.63, 3.8) is 0 Å². The largest absolute Gasteiger partial charge is 0.496 e. The van der Waals surface area contributed by atoms with Gasteiger partial charge in [0, 0.05) is 12.6 Å². The maximum atomic E-state index is 11.9. The van der Waals surface area contributed by atoms with E-state index >= 15 is 0 Å². The van der Waals surface area contributed by atoms with Crippen LogP contribution in [0.3, 0.4) is 0 Å². The van der Waals surface area contributed by atoms with Crippen molar-refractivity contribution < 1.29 is 9.53 Å². The molecule has 1 heterocycles. The van der Waals surface area contributed by atoms with Gasteiger partial charge in [-0.25, -0.2) is 4.68 Å². The van der Waals surface area contributed by atoms with Gasteiger partial charge < -0.3 is 10.1 Å². The van der Waals surface area contributed by atoms with Crippen LogP contribution in [0.4, 0.5) is 0 Å². The zero-order chi connectivity index (χ0) is 15.9. The Kier molecular flexibility index (Phi) is 5.30. The number of methoxy groups -OCH3 is 1. The first-order valence-corrected chi connectivity index (χ1v) is 7.03.